The van der Waals surface area contributed by atoms with Crippen LogP contribution in [-0.2, 0) is 14.3 Å². The van der Waals surface area contributed by atoms with Gasteiger partial charge in [0, 0.05) is 17.7 Å². The highest BCUT2D eigenvalue weighted by atomic mass is 16.5. The monoisotopic (exact) mass is 401 g/mol. The fraction of sp³-hybridized carbons (Fsp3) is 0.200. The molecule has 1 fully saturated rings. The van der Waals surface area contributed by atoms with E-state index in [1.807, 2.05) is 54.6 Å². The molecular formula is C25H23NO4. The third-order valence-corrected chi connectivity index (χ3v) is 4.98. The van der Waals surface area contributed by atoms with Crippen LogP contribution < -0.4 is 10.1 Å². The molecule has 0 radical (unpaired) electrons. The molecule has 1 aliphatic carbocycles. The van der Waals surface area contributed by atoms with Crippen LogP contribution in [0, 0.1) is 0 Å². The van der Waals surface area contributed by atoms with Gasteiger partial charge in [-0.1, -0.05) is 48.5 Å². The van der Waals surface area contributed by atoms with Crippen LogP contribution in [0.25, 0.3) is 16.8 Å². The van der Waals surface area contributed by atoms with Gasteiger partial charge in [-0.25, -0.2) is 4.79 Å². The van der Waals surface area contributed by atoms with Gasteiger partial charge in [-0.05, 0) is 53.5 Å². The number of amides is 1. The summed E-state index contributed by atoms with van der Waals surface area (Å²) < 4.78 is 10.8. The number of benzene rings is 3. The van der Waals surface area contributed by atoms with Crippen LogP contribution in [0.3, 0.4) is 0 Å². The average molecular weight is 401 g/mol. The van der Waals surface area contributed by atoms with Crippen molar-refractivity contribution in [3.8, 4) is 5.75 Å². The highest BCUT2D eigenvalue weighted by Gasteiger charge is 2.30. The lowest BCUT2D eigenvalue weighted by atomic mass is 10.1. The zero-order valence-corrected chi connectivity index (χ0v) is 16.7. The number of hydrogen-bond acceptors (Lipinski definition) is 4. The minimum absolute atomic E-state index is 0.189. The number of nitrogens with one attached hydrogen (secondary N) is 1. The van der Waals surface area contributed by atoms with E-state index >= 15 is 0 Å². The maximum atomic E-state index is 12.6. The summed E-state index contributed by atoms with van der Waals surface area (Å²) in [6.45, 7) is 0. The minimum Gasteiger partial charge on any atom is -0.497 e. The molecule has 3 aromatic rings. The molecule has 30 heavy (non-hydrogen) atoms. The smallest absolute Gasteiger partial charge is 0.331 e. The molecule has 1 N–H and O–H groups in total. The first-order chi connectivity index (χ1) is 14.6. The summed E-state index contributed by atoms with van der Waals surface area (Å²) in [5.74, 6) is -0.0551. The molecule has 1 atom stereocenters. The fourth-order valence-corrected chi connectivity index (χ4v) is 3.20. The standard InChI is InChI=1S/C25H23NO4/c1-29-22-13-10-19-15-17(7-9-20(19)16-22)8-14-23(27)30-24(18-5-3-2-4-6-18)25(28)26-21-11-12-21/h2-10,13-16,21,24H,11-12H2,1H3,(H,26,28)/b14-8+. The highest BCUT2D eigenvalue weighted by molar-refractivity contribution is 5.92. The van der Waals surface area contributed by atoms with E-state index < -0.39 is 12.1 Å². The van der Waals surface area contributed by atoms with Crippen LogP contribution in [0.5, 0.6) is 5.75 Å². The Labute approximate surface area is 175 Å². The zero-order chi connectivity index (χ0) is 20.9. The third kappa shape index (κ3) is 4.87. The van der Waals surface area contributed by atoms with E-state index in [1.54, 1.807) is 25.3 Å². The first kappa shape index (κ1) is 19.7. The Morgan fingerprint density at radius 2 is 1.73 bits per heavy atom. The highest BCUT2D eigenvalue weighted by Crippen LogP contribution is 2.24. The molecule has 0 aliphatic heterocycles. The largest absolute Gasteiger partial charge is 0.497 e. The van der Waals surface area contributed by atoms with E-state index in [9.17, 15) is 9.59 Å². The number of carbonyl (C=O) groups is 2. The number of methoxy groups -OCH3 is 1. The van der Waals surface area contributed by atoms with Crippen molar-refractivity contribution in [2.24, 2.45) is 0 Å². The van der Waals surface area contributed by atoms with E-state index in [0.29, 0.717) is 5.56 Å². The predicted molar refractivity (Wildman–Crippen MR) is 116 cm³/mol. The number of ether oxygens (including phenoxy) is 2. The molecule has 0 saturated heterocycles. The number of fused-ring (bicyclic) bond motifs is 1. The predicted octanol–water partition coefficient (Wildman–Crippen LogP) is 4.42. The molecule has 4 rings (SSSR count). The van der Waals surface area contributed by atoms with Crippen LogP contribution in [0.4, 0.5) is 0 Å². The van der Waals surface area contributed by atoms with Crippen molar-refractivity contribution in [3.05, 3.63) is 83.9 Å². The molecule has 0 aromatic heterocycles. The normalized spacial score (nSPS) is 14.4. The van der Waals surface area contributed by atoms with Crippen LogP contribution in [0.2, 0.25) is 0 Å². The summed E-state index contributed by atoms with van der Waals surface area (Å²) in [6.07, 6.45) is 4.01. The zero-order valence-electron chi connectivity index (χ0n) is 16.7. The molecule has 5 nitrogen and oxygen atoms in total. The molecule has 1 amide bonds. The van der Waals surface area contributed by atoms with Crippen LogP contribution in [0.15, 0.2) is 72.8 Å². The van der Waals surface area contributed by atoms with Gasteiger partial charge < -0.3 is 14.8 Å². The molecule has 3 aromatic carbocycles. The van der Waals surface area contributed by atoms with Gasteiger partial charge in [0.15, 0.2) is 0 Å². The molecule has 1 saturated carbocycles. The van der Waals surface area contributed by atoms with Crippen LogP contribution in [0.1, 0.15) is 30.1 Å². The van der Waals surface area contributed by atoms with Gasteiger partial charge in [-0.2, -0.15) is 0 Å². The average Bonchev–Trinajstić information content (AvgIpc) is 3.60. The third-order valence-electron chi connectivity index (χ3n) is 4.98. The Bertz CT molecular complexity index is 1090. The van der Waals surface area contributed by atoms with Crippen molar-refractivity contribution >= 4 is 28.7 Å². The van der Waals surface area contributed by atoms with Crippen molar-refractivity contribution < 1.29 is 19.1 Å². The van der Waals surface area contributed by atoms with Gasteiger partial charge in [0.05, 0.1) is 7.11 Å². The molecule has 1 unspecified atom stereocenters. The lowest BCUT2D eigenvalue weighted by molar-refractivity contribution is -0.151. The van der Waals surface area contributed by atoms with Gasteiger partial charge in [-0.3, -0.25) is 4.79 Å². The Hall–Kier alpha value is -3.60. The summed E-state index contributed by atoms with van der Waals surface area (Å²) in [5, 5.41) is 5.00. The van der Waals surface area contributed by atoms with Crippen LogP contribution in [-0.4, -0.2) is 25.0 Å². The Balaban J connectivity index is 1.47. The van der Waals surface area contributed by atoms with Crippen LogP contribution >= 0.6 is 0 Å². The van der Waals surface area contributed by atoms with Crippen molar-refractivity contribution in [2.75, 3.05) is 7.11 Å². The summed E-state index contributed by atoms with van der Waals surface area (Å²) in [7, 11) is 1.64. The maximum absolute atomic E-state index is 12.6. The maximum Gasteiger partial charge on any atom is 0.331 e. The van der Waals surface area contributed by atoms with E-state index in [-0.39, 0.29) is 11.9 Å². The van der Waals surface area contributed by atoms with Gasteiger partial charge in [0.25, 0.3) is 5.91 Å². The lowest BCUT2D eigenvalue weighted by Crippen LogP contribution is -2.33. The van der Waals surface area contributed by atoms with E-state index in [1.165, 1.54) is 6.08 Å². The second-order valence-corrected chi connectivity index (χ2v) is 7.32. The summed E-state index contributed by atoms with van der Waals surface area (Å²) >= 11 is 0. The van der Waals surface area contributed by atoms with Crippen molar-refractivity contribution in [3.63, 3.8) is 0 Å². The Kier molecular flexibility index (Phi) is 5.80. The number of esters is 1. The van der Waals surface area contributed by atoms with Gasteiger partial charge in [-0.15, -0.1) is 0 Å². The van der Waals surface area contributed by atoms with Gasteiger partial charge in [0.1, 0.15) is 5.75 Å². The molecule has 0 spiro atoms. The van der Waals surface area contributed by atoms with E-state index in [0.717, 1.165) is 34.9 Å². The topological polar surface area (TPSA) is 64.6 Å². The van der Waals surface area contributed by atoms with Crippen molar-refractivity contribution in [1.82, 2.24) is 5.32 Å². The lowest BCUT2D eigenvalue weighted by Gasteiger charge is -2.17. The number of rotatable bonds is 7. The Morgan fingerprint density at radius 1 is 1.00 bits per heavy atom. The first-order valence-electron chi connectivity index (χ1n) is 9.94. The second-order valence-electron chi connectivity index (χ2n) is 7.32. The molecule has 1 aliphatic rings. The quantitative estimate of drug-likeness (QED) is 0.470. The molecular weight excluding hydrogens is 378 g/mol. The first-order valence-corrected chi connectivity index (χ1v) is 9.94. The van der Waals surface area contributed by atoms with Gasteiger partial charge in [0.2, 0.25) is 6.10 Å². The molecule has 0 heterocycles. The second kappa shape index (κ2) is 8.82. The van der Waals surface area contributed by atoms with E-state index in [4.69, 9.17) is 9.47 Å². The van der Waals surface area contributed by atoms with E-state index in [2.05, 4.69) is 5.32 Å². The minimum atomic E-state index is -0.965. The number of hydrogen-bond donors (Lipinski definition) is 1. The summed E-state index contributed by atoms with van der Waals surface area (Å²) in [5.41, 5.74) is 1.51. The molecule has 152 valence electrons. The molecule has 0 bridgehead atoms. The van der Waals surface area contributed by atoms with Gasteiger partial charge >= 0.3 is 5.97 Å². The SMILES string of the molecule is COc1ccc2cc(/C=C/C(=O)OC(C(=O)NC3CC3)c3ccccc3)ccc2c1. The number of carbonyl (C=O) groups excluding carboxylic acids is 2. The fourth-order valence-electron chi connectivity index (χ4n) is 3.20. The molecule has 5 heteroatoms. The summed E-state index contributed by atoms with van der Waals surface area (Å²) in [6, 6.07) is 20.9. The Morgan fingerprint density at radius 3 is 2.47 bits per heavy atom. The summed E-state index contributed by atoms with van der Waals surface area (Å²) in [4.78, 5) is 25.0. The van der Waals surface area contributed by atoms with Crippen molar-refractivity contribution in [2.45, 2.75) is 25.0 Å². The van der Waals surface area contributed by atoms with Crippen molar-refractivity contribution in [1.29, 1.82) is 0 Å².